The van der Waals surface area contributed by atoms with E-state index in [9.17, 15) is 4.79 Å². The van der Waals surface area contributed by atoms with Gasteiger partial charge in [-0.05, 0) is 6.07 Å². The Morgan fingerprint density at radius 2 is 2.27 bits per heavy atom. The molecule has 0 radical (unpaired) electrons. The van der Waals surface area contributed by atoms with Crippen LogP contribution in [0.15, 0.2) is 6.07 Å². The molecule has 7 heteroatoms. The van der Waals surface area contributed by atoms with E-state index in [1.54, 1.807) is 0 Å². The Hall–Kier alpha value is -0.910. The van der Waals surface area contributed by atoms with Gasteiger partial charge in [0.25, 0.3) is 5.91 Å². The first-order chi connectivity index (χ1) is 7.18. The summed E-state index contributed by atoms with van der Waals surface area (Å²) in [6, 6.07) is 1.40. The van der Waals surface area contributed by atoms with Crippen LogP contribution in [0.5, 0.6) is 0 Å². The van der Waals surface area contributed by atoms with Crippen molar-refractivity contribution < 1.29 is 9.53 Å². The third-order valence-electron chi connectivity index (χ3n) is 1.99. The van der Waals surface area contributed by atoms with Crippen LogP contribution in [0.2, 0.25) is 10.3 Å². The molecule has 5 nitrogen and oxygen atoms in total. The Morgan fingerprint density at radius 1 is 1.47 bits per heavy atom. The van der Waals surface area contributed by atoms with Gasteiger partial charge in [-0.2, -0.15) is 0 Å². The third kappa shape index (κ3) is 2.19. The van der Waals surface area contributed by atoms with Crippen molar-refractivity contribution in [3.05, 3.63) is 21.9 Å². The number of nitrogens with zero attached hydrogens (tertiary/aromatic N) is 3. The predicted octanol–water partition coefficient (Wildman–Crippen LogP) is 1.21. The normalized spacial score (nSPS) is 15.7. The number of aromatic nitrogens is 2. The summed E-state index contributed by atoms with van der Waals surface area (Å²) in [7, 11) is 0. The minimum Gasteiger partial charge on any atom is -0.359 e. The van der Waals surface area contributed by atoms with Gasteiger partial charge in [-0.1, -0.05) is 23.2 Å². The van der Waals surface area contributed by atoms with Gasteiger partial charge >= 0.3 is 0 Å². The van der Waals surface area contributed by atoms with E-state index >= 15 is 0 Å². The molecule has 15 heavy (non-hydrogen) atoms. The molecule has 1 fully saturated rings. The average Bonchev–Trinajstić information content (AvgIpc) is 2.74. The van der Waals surface area contributed by atoms with Gasteiger partial charge in [0.1, 0.15) is 6.73 Å². The van der Waals surface area contributed by atoms with E-state index in [0.29, 0.717) is 13.2 Å². The Kier molecular flexibility index (Phi) is 3.04. The van der Waals surface area contributed by atoms with Gasteiger partial charge in [-0.3, -0.25) is 4.79 Å². The molecule has 2 rings (SSSR count). The Morgan fingerprint density at radius 3 is 2.93 bits per heavy atom. The van der Waals surface area contributed by atoms with Crippen LogP contribution in [0.4, 0.5) is 0 Å². The number of rotatable bonds is 1. The van der Waals surface area contributed by atoms with Gasteiger partial charge in [0.15, 0.2) is 10.3 Å². The molecule has 0 aromatic carbocycles. The second kappa shape index (κ2) is 4.30. The molecule has 1 aliphatic rings. The molecule has 1 aromatic heterocycles. The van der Waals surface area contributed by atoms with Gasteiger partial charge in [0, 0.05) is 6.54 Å². The highest BCUT2D eigenvalue weighted by Crippen LogP contribution is 2.18. The maximum absolute atomic E-state index is 11.9. The monoisotopic (exact) mass is 247 g/mol. The summed E-state index contributed by atoms with van der Waals surface area (Å²) in [6.07, 6.45) is 0. The van der Waals surface area contributed by atoms with Gasteiger partial charge in [-0.25, -0.2) is 0 Å². The quantitative estimate of drug-likeness (QED) is 0.749. The molecular weight excluding hydrogens is 241 g/mol. The van der Waals surface area contributed by atoms with E-state index in [4.69, 9.17) is 27.9 Å². The van der Waals surface area contributed by atoms with Crippen LogP contribution >= 0.6 is 23.2 Å². The van der Waals surface area contributed by atoms with Crippen molar-refractivity contribution >= 4 is 29.1 Å². The van der Waals surface area contributed by atoms with Crippen molar-refractivity contribution in [2.24, 2.45) is 0 Å². The van der Waals surface area contributed by atoms with E-state index < -0.39 is 0 Å². The summed E-state index contributed by atoms with van der Waals surface area (Å²) in [5.41, 5.74) is 0.252. The zero-order valence-corrected chi connectivity index (χ0v) is 9.12. The van der Waals surface area contributed by atoms with Crippen LogP contribution in [-0.4, -0.2) is 40.9 Å². The molecule has 80 valence electrons. The average molecular weight is 248 g/mol. The maximum Gasteiger partial charge on any atom is 0.259 e. The molecule has 0 aliphatic carbocycles. The molecule has 0 saturated carbocycles. The van der Waals surface area contributed by atoms with Crippen molar-refractivity contribution in [2.45, 2.75) is 0 Å². The lowest BCUT2D eigenvalue weighted by molar-refractivity contribution is 0.0694. The lowest BCUT2D eigenvalue weighted by atomic mass is 10.3. The van der Waals surface area contributed by atoms with E-state index in [0.717, 1.165) is 0 Å². The summed E-state index contributed by atoms with van der Waals surface area (Å²) < 4.78 is 5.06. The predicted molar refractivity (Wildman–Crippen MR) is 53.9 cm³/mol. The number of halogens is 2. The van der Waals surface area contributed by atoms with Crippen LogP contribution in [0, 0.1) is 0 Å². The smallest absolute Gasteiger partial charge is 0.259 e. The molecule has 2 heterocycles. The highest BCUT2D eigenvalue weighted by molar-refractivity contribution is 6.34. The number of amides is 1. The number of ether oxygens (including phenoxy) is 1. The minimum atomic E-state index is -0.241. The van der Waals surface area contributed by atoms with Gasteiger partial charge < -0.3 is 9.64 Å². The first-order valence-corrected chi connectivity index (χ1v) is 5.00. The second-order valence-electron chi connectivity index (χ2n) is 2.98. The molecule has 0 bridgehead atoms. The van der Waals surface area contributed by atoms with Gasteiger partial charge in [0.2, 0.25) is 0 Å². The maximum atomic E-state index is 11.9. The second-order valence-corrected chi connectivity index (χ2v) is 3.72. The highest BCUT2D eigenvalue weighted by atomic mass is 35.5. The van der Waals surface area contributed by atoms with Gasteiger partial charge in [0.05, 0.1) is 12.2 Å². The Bertz CT molecular complexity index is 393. The van der Waals surface area contributed by atoms with Crippen LogP contribution in [0.1, 0.15) is 10.4 Å². The Balaban J connectivity index is 2.27. The van der Waals surface area contributed by atoms with E-state index in [1.165, 1.54) is 11.0 Å². The first kappa shape index (κ1) is 10.6. The summed E-state index contributed by atoms with van der Waals surface area (Å²) in [5.74, 6) is -0.241. The minimum absolute atomic E-state index is 0.0521. The zero-order chi connectivity index (χ0) is 10.8. The number of carbonyl (C=O) groups is 1. The fourth-order valence-electron chi connectivity index (χ4n) is 1.25. The van der Waals surface area contributed by atoms with Crippen LogP contribution in [0.3, 0.4) is 0 Å². The van der Waals surface area contributed by atoms with Crippen molar-refractivity contribution in [3.8, 4) is 0 Å². The molecule has 1 saturated heterocycles. The Labute approximate surface area is 95.9 Å². The fraction of sp³-hybridized carbons (Fsp3) is 0.375. The molecule has 0 N–H and O–H groups in total. The van der Waals surface area contributed by atoms with Crippen LogP contribution in [0.25, 0.3) is 0 Å². The van der Waals surface area contributed by atoms with Gasteiger partial charge in [-0.15, -0.1) is 10.2 Å². The van der Waals surface area contributed by atoms with E-state index in [1.807, 2.05) is 0 Å². The van der Waals surface area contributed by atoms with Crippen LogP contribution in [-0.2, 0) is 4.74 Å². The summed E-state index contributed by atoms with van der Waals surface area (Å²) in [5, 5.41) is 7.29. The summed E-state index contributed by atoms with van der Waals surface area (Å²) in [4.78, 5) is 13.4. The molecule has 0 unspecified atom stereocenters. The first-order valence-electron chi connectivity index (χ1n) is 4.24. The molecule has 1 aliphatic heterocycles. The molecule has 0 atom stereocenters. The molecule has 0 spiro atoms. The van der Waals surface area contributed by atoms with E-state index in [2.05, 4.69) is 10.2 Å². The van der Waals surface area contributed by atoms with E-state index in [-0.39, 0.29) is 28.5 Å². The largest absolute Gasteiger partial charge is 0.359 e. The summed E-state index contributed by atoms with van der Waals surface area (Å²) >= 11 is 11.4. The molecule has 1 amide bonds. The summed E-state index contributed by atoms with van der Waals surface area (Å²) in [6.45, 7) is 1.36. The van der Waals surface area contributed by atoms with Crippen molar-refractivity contribution in [1.29, 1.82) is 0 Å². The highest BCUT2D eigenvalue weighted by Gasteiger charge is 2.23. The third-order valence-corrected chi connectivity index (χ3v) is 2.45. The fourth-order valence-corrected chi connectivity index (χ4v) is 1.57. The van der Waals surface area contributed by atoms with Crippen LogP contribution < -0.4 is 0 Å². The lowest BCUT2D eigenvalue weighted by Crippen LogP contribution is -2.28. The number of hydrogen-bond donors (Lipinski definition) is 0. The zero-order valence-electron chi connectivity index (χ0n) is 7.61. The molecular formula is C8H7Cl2N3O2. The van der Waals surface area contributed by atoms with Crippen molar-refractivity contribution in [1.82, 2.24) is 15.1 Å². The topological polar surface area (TPSA) is 55.3 Å². The lowest BCUT2D eigenvalue weighted by Gasteiger charge is -2.13. The van der Waals surface area contributed by atoms with Crippen molar-refractivity contribution in [2.75, 3.05) is 19.9 Å². The SMILES string of the molecule is O=C(c1cc(Cl)nnc1Cl)N1CCOC1. The number of carbonyl (C=O) groups excluding carboxylic acids is 1. The van der Waals surface area contributed by atoms with Crippen molar-refractivity contribution in [3.63, 3.8) is 0 Å². The standard InChI is InChI=1S/C8H7Cl2N3O2/c9-6-3-5(7(10)12-11-6)8(14)13-1-2-15-4-13/h3H,1-2,4H2. The molecule has 1 aromatic rings. The number of hydrogen-bond acceptors (Lipinski definition) is 4.